The van der Waals surface area contributed by atoms with Crippen LogP contribution in [0.4, 0.5) is 4.79 Å². The Hall–Kier alpha value is -3.20. The summed E-state index contributed by atoms with van der Waals surface area (Å²) < 4.78 is 1.92. The monoisotopic (exact) mass is 410 g/mol. The molecule has 3 aromatic rings. The number of hydrogen-bond donors (Lipinski definition) is 2. The topological polar surface area (TPSA) is 116 Å². The minimum absolute atomic E-state index is 0.0641. The molecule has 0 fully saturated rings. The minimum atomic E-state index is -0.876. The van der Waals surface area contributed by atoms with Crippen LogP contribution in [0, 0.1) is 12.8 Å². The van der Waals surface area contributed by atoms with E-state index in [1.165, 1.54) is 11.8 Å². The van der Waals surface area contributed by atoms with Crippen LogP contribution < -0.4 is 11.1 Å². The predicted molar refractivity (Wildman–Crippen MR) is 112 cm³/mol. The maximum absolute atomic E-state index is 12.5. The van der Waals surface area contributed by atoms with Gasteiger partial charge in [0.15, 0.2) is 11.0 Å². The number of nitrogens with zero attached hydrogens (tertiary/aromatic N) is 4. The third kappa shape index (κ3) is 4.62. The van der Waals surface area contributed by atoms with Gasteiger partial charge in [-0.3, -0.25) is 19.7 Å². The number of nitrogens with two attached hydrogens (primary N) is 1. The van der Waals surface area contributed by atoms with Gasteiger partial charge in [0.2, 0.25) is 5.91 Å². The molecule has 3 amide bonds. The average molecular weight is 411 g/mol. The summed E-state index contributed by atoms with van der Waals surface area (Å²) in [5.41, 5.74) is 7.92. The summed E-state index contributed by atoms with van der Waals surface area (Å²) in [7, 11) is 0. The summed E-state index contributed by atoms with van der Waals surface area (Å²) in [6.45, 7) is 5.80. The first kappa shape index (κ1) is 20.5. The Bertz CT molecular complexity index is 1020. The van der Waals surface area contributed by atoms with Crippen LogP contribution in [-0.2, 0) is 4.79 Å². The molecule has 2 heterocycles. The number of nitrogens with one attached hydrogen (secondary N) is 1. The summed E-state index contributed by atoms with van der Waals surface area (Å²) >= 11 is 1.25. The van der Waals surface area contributed by atoms with Gasteiger partial charge in [0.25, 0.3) is 0 Å². The third-order valence-electron chi connectivity index (χ3n) is 4.27. The molecule has 2 aromatic heterocycles. The Kier molecular flexibility index (Phi) is 6.28. The van der Waals surface area contributed by atoms with Gasteiger partial charge < -0.3 is 5.73 Å². The van der Waals surface area contributed by atoms with E-state index in [0.29, 0.717) is 11.0 Å². The van der Waals surface area contributed by atoms with Crippen molar-refractivity contribution in [3.63, 3.8) is 0 Å². The van der Waals surface area contributed by atoms with E-state index in [1.54, 1.807) is 12.4 Å². The first-order valence-corrected chi connectivity index (χ1v) is 9.95. The number of aryl methyl sites for hydroxylation is 1. The van der Waals surface area contributed by atoms with Crippen LogP contribution in [0.5, 0.6) is 0 Å². The summed E-state index contributed by atoms with van der Waals surface area (Å²) in [6.07, 6.45) is 3.38. The Morgan fingerprint density at radius 2 is 1.79 bits per heavy atom. The second kappa shape index (κ2) is 8.87. The van der Waals surface area contributed by atoms with Gasteiger partial charge in [-0.1, -0.05) is 43.8 Å². The zero-order valence-electron chi connectivity index (χ0n) is 16.4. The number of benzene rings is 1. The summed E-state index contributed by atoms with van der Waals surface area (Å²) in [4.78, 5) is 27.7. The van der Waals surface area contributed by atoms with Crippen LogP contribution in [0.25, 0.3) is 17.1 Å². The van der Waals surface area contributed by atoms with Crippen molar-refractivity contribution >= 4 is 23.7 Å². The maximum atomic E-state index is 12.5. The van der Waals surface area contributed by atoms with Crippen LogP contribution >= 0.6 is 11.8 Å². The van der Waals surface area contributed by atoms with Crippen molar-refractivity contribution in [2.24, 2.45) is 11.7 Å². The largest absolute Gasteiger partial charge is 0.351 e. The standard InChI is InChI=1S/C20H22N6O2S/c1-12(2)16(18(27)23-19(21)28)29-20-25-24-17(14-8-10-22-11-9-14)26(20)15-7-5-4-6-13(15)3/h4-12,16H,1-3H3,(H3,21,23,27,28). The lowest BCUT2D eigenvalue weighted by Gasteiger charge is -2.19. The first-order chi connectivity index (χ1) is 13.9. The number of aromatic nitrogens is 4. The van der Waals surface area contributed by atoms with E-state index >= 15 is 0 Å². The molecule has 1 atom stereocenters. The van der Waals surface area contributed by atoms with Crippen molar-refractivity contribution in [2.45, 2.75) is 31.2 Å². The second-order valence-electron chi connectivity index (χ2n) is 6.80. The third-order valence-corrected chi connectivity index (χ3v) is 5.76. The Morgan fingerprint density at radius 1 is 1.10 bits per heavy atom. The molecule has 150 valence electrons. The number of imide groups is 1. The Morgan fingerprint density at radius 3 is 2.41 bits per heavy atom. The summed E-state index contributed by atoms with van der Waals surface area (Å²) in [6, 6.07) is 10.7. The molecule has 0 saturated heterocycles. The van der Waals surface area contributed by atoms with Gasteiger partial charge >= 0.3 is 6.03 Å². The van der Waals surface area contributed by atoms with E-state index in [0.717, 1.165) is 16.8 Å². The lowest BCUT2D eigenvalue weighted by Crippen LogP contribution is -2.42. The number of amides is 3. The molecule has 0 spiro atoms. The lowest BCUT2D eigenvalue weighted by molar-refractivity contribution is -0.120. The van der Waals surface area contributed by atoms with E-state index in [9.17, 15) is 9.59 Å². The minimum Gasteiger partial charge on any atom is -0.351 e. The smallest absolute Gasteiger partial charge is 0.318 e. The van der Waals surface area contributed by atoms with E-state index < -0.39 is 17.2 Å². The van der Waals surface area contributed by atoms with E-state index in [4.69, 9.17) is 5.73 Å². The van der Waals surface area contributed by atoms with E-state index in [2.05, 4.69) is 20.5 Å². The van der Waals surface area contributed by atoms with Crippen molar-refractivity contribution in [3.8, 4) is 17.1 Å². The van der Waals surface area contributed by atoms with Gasteiger partial charge in [-0.2, -0.15) is 0 Å². The highest BCUT2D eigenvalue weighted by molar-refractivity contribution is 8.00. The molecular weight excluding hydrogens is 388 g/mol. The highest BCUT2D eigenvalue weighted by Crippen LogP contribution is 2.33. The van der Waals surface area contributed by atoms with Gasteiger partial charge in [-0.15, -0.1) is 10.2 Å². The molecule has 1 aromatic carbocycles. The molecular formula is C20H22N6O2S. The number of carbonyl (C=O) groups excluding carboxylic acids is 2. The predicted octanol–water partition coefficient (Wildman–Crippen LogP) is 2.95. The number of urea groups is 1. The molecule has 0 aliphatic heterocycles. The van der Waals surface area contributed by atoms with E-state index in [1.807, 2.05) is 61.7 Å². The van der Waals surface area contributed by atoms with Crippen LogP contribution in [0.2, 0.25) is 0 Å². The number of carbonyl (C=O) groups is 2. The number of hydrogen-bond acceptors (Lipinski definition) is 6. The highest BCUT2D eigenvalue weighted by atomic mass is 32.2. The Balaban J connectivity index is 2.09. The molecule has 0 radical (unpaired) electrons. The first-order valence-electron chi connectivity index (χ1n) is 9.07. The molecule has 0 bridgehead atoms. The van der Waals surface area contributed by atoms with Crippen molar-refractivity contribution in [1.29, 1.82) is 0 Å². The van der Waals surface area contributed by atoms with Crippen molar-refractivity contribution in [1.82, 2.24) is 25.1 Å². The number of pyridine rings is 1. The van der Waals surface area contributed by atoms with Gasteiger partial charge in [0, 0.05) is 18.0 Å². The normalized spacial score (nSPS) is 12.0. The van der Waals surface area contributed by atoms with Crippen molar-refractivity contribution in [3.05, 3.63) is 54.4 Å². The molecule has 3 N–H and O–H groups in total. The molecule has 3 rings (SSSR count). The van der Waals surface area contributed by atoms with Gasteiger partial charge in [0.1, 0.15) is 0 Å². The van der Waals surface area contributed by atoms with Gasteiger partial charge in [-0.05, 0) is 36.6 Å². The molecule has 0 aliphatic rings. The SMILES string of the molecule is Cc1ccccc1-n1c(SC(C(=O)NC(N)=O)C(C)C)nnc1-c1ccncc1. The number of primary amides is 1. The van der Waals surface area contributed by atoms with Gasteiger partial charge in [0.05, 0.1) is 10.9 Å². The van der Waals surface area contributed by atoms with Gasteiger partial charge in [-0.25, -0.2) is 4.79 Å². The molecule has 0 saturated carbocycles. The molecule has 1 unspecified atom stereocenters. The quantitative estimate of drug-likeness (QED) is 0.604. The van der Waals surface area contributed by atoms with Crippen LogP contribution in [-0.4, -0.2) is 36.9 Å². The number of para-hydroxylation sites is 1. The maximum Gasteiger partial charge on any atom is 0.318 e. The highest BCUT2D eigenvalue weighted by Gasteiger charge is 2.28. The molecule has 29 heavy (non-hydrogen) atoms. The molecule has 9 heteroatoms. The Labute approximate surface area is 172 Å². The molecule has 0 aliphatic carbocycles. The zero-order chi connectivity index (χ0) is 21.0. The fourth-order valence-electron chi connectivity index (χ4n) is 2.86. The fraction of sp³-hybridized carbons (Fsp3) is 0.250. The average Bonchev–Trinajstić information content (AvgIpc) is 3.09. The van der Waals surface area contributed by atoms with Crippen LogP contribution in [0.1, 0.15) is 19.4 Å². The lowest BCUT2D eigenvalue weighted by atomic mass is 10.1. The summed E-state index contributed by atoms with van der Waals surface area (Å²) in [5.74, 6) is 0.120. The van der Waals surface area contributed by atoms with Crippen molar-refractivity contribution in [2.75, 3.05) is 0 Å². The van der Waals surface area contributed by atoms with Crippen LogP contribution in [0.15, 0.2) is 53.9 Å². The summed E-state index contributed by atoms with van der Waals surface area (Å²) in [5, 5.41) is 10.9. The number of rotatable bonds is 6. The fourth-order valence-corrected chi connectivity index (χ4v) is 3.91. The molecule has 8 nitrogen and oxygen atoms in total. The second-order valence-corrected chi connectivity index (χ2v) is 7.91. The van der Waals surface area contributed by atoms with Crippen molar-refractivity contribution < 1.29 is 9.59 Å². The van der Waals surface area contributed by atoms with Crippen LogP contribution in [0.3, 0.4) is 0 Å². The number of thioether (sulfide) groups is 1. The van der Waals surface area contributed by atoms with E-state index in [-0.39, 0.29) is 5.92 Å². The zero-order valence-corrected chi connectivity index (χ0v) is 17.2.